The topological polar surface area (TPSA) is 43.6 Å². The van der Waals surface area contributed by atoms with Crippen molar-refractivity contribution in [2.75, 3.05) is 0 Å². The van der Waals surface area contributed by atoms with Gasteiger partial charge < -0.3 is 0 Å². The monoisotopic (exact) mass is 344 g/mol. The maximum Gasteiger partial charge on any atom is 0.224 e. The number of hydrogen-bond acceptors (Lipinski definition) is 3. The maximum absolute atomic E-state index is 6.19. The predicted molar refractivity (Wildman–Crippen MR) is 76.3 cm³/mol. The van der Waals surface area contributed by atoms with Gasteiger partial charge in [-0.25, -0.2) is 9.97 Å². The van der Waals surface area contributed by atoms with E-state index in [9.17, 15) is 0 Å². The summed E-state index contributed by atoms with van der Waals surface area (Å²) in [6, 6.07) is 0. The van der Waals surface area contributed by atoms with Gasteiger partial charge in [0.1, 0.15) is 10.7 Å². The van der Waals surface area contributed by atoms with Gasteiger partial charge in [-0.1, -0.05) is 11.6 Å². The Kier molecular flexibility index (Phi) is 2.73. The number of hydrogen-bond donors (Lipinski definition) is 0. The summed E-state index contributed by atoms with van der Waals surface area (Å²) < 4.78 is 2.63. The number of aryl methyl sites for hydroxylation is 2. The van der Waals surface area contributed by atoms with Crippen molar-refractivity contribution in [3.8, 4) is 0 Å². The zero-order chi connectivity index (χ0) is 13.0. The summed E-state index contributed by atoms with van der Waals surface area (Å²) in [5.74, 6) is 0. The molecule has 2 aromatic heterocycles. The molecule has 0 amide bonds. The zero-order valence-electron chi connectivity index (χ0n) is 9.50. The van der Waals surface area contributed by atoms with Crippen molar-refractivity contribution >= 4 is 60.9 Å². The minimum absolute atomic E-state index is 0.144. The van der Waals surface area contributed by atoms with Crippen molar-refractivity contribution in [3.63, 3.8) is 0 Å². The molecule has 3 rings (SSSR count). The van der Waals surface area contributed by atoms with Crippen LogP contribution in [0.25, 0.3) is 21.8 Å². The first kappa shape index (κ1) is 12.1. The van der Waals surface area contributed by atoms with E-state index in [2.05, 4.69) is 31.0 Å². The van der Waals surface area contributed by atoms with E-state index in [-0.39, 0.29) is 5.28 Å². The second-order valence-corrected chi connectivity index (χ2v) is 5.50. The van der Waals surface area contributed by atoms with Crippen LogP contribution in [0.2, 0.25) is 10.4 Å². The molecule has 0 saturated heterocycles. The molecule has 0 N–H and O–H groups in total. The van der Waals surface area contributed by atoms with Gasteiger partial charge in [-0.3, -0.25) is 4.68 Å². The van der Waals surface area contributed by atoms with E-state index in [0.29, 0.717) is 5.15 Å². The first-order chi connectivity index (χ1) is 8.49. The molecule has 0 bridgehead atoms. The first-order valence-electron chi connectivity index (χ1n) is 5.13. The van der Waals surface area contributed by atoms with Crippen LogP contribution >= 0.6 is 39.1 Å². The van der Waals surface area contributed by atoms with Gasteiger partial charge in [0.2, 0.25) is 5.28 Å². The quantitative estimate of drug-likeness (QED) is 0.458. The highest BCUT2D eigenvalue weighted by Gasteiger charge is 2.17. The average Bonchev–Trinajstić information content (AvgIpc) is 2.67. The summed E-state index contributed by atoms with van der Waals surface area (Å²) in [7, 11) is 1.86. The fourth-order valence-electron chi connectivity index (χ4n) is 2.03. The summed E-state index contributed by atoms with van der Waals surface area (Å²) in [4.78, 5) is 8.26. The number of fused-ring (bicyclic) bond motifs is 3. The lowest BCUT2D eigenvalue weighted by Gasteiger charge is -2.07. The van der Waals surface area contributed by atoms with Crippen molar-refractivity contribution in [2.45, 2.75) is 6.92 Å². The SMILES string of the molecule is Cc1c(Br)c2nn(C)cc2c2c(Cl)nc(Cl)nc12. The van der Waals surface area contributed by atoms with E-state index in [1.807, 2.05) is 20.2 Å². The molecule has 3 aromatic rings. The minimum atomic E-state index is 0.144. The van der Waals surface area contributed by atoms with Crippen LogP contribution in [0.3, 0.4) is 0 Å². The Morgan fingerprint density at radius 2 is 1.94 bits per heavy atom. The van der Waals surface area contributed by atoms with Crippen LogP contribution in [0.5, 0.6) is 0 Å². The summed E-state index contributed by atoms with van der Waals surface area (Å²) in [5.41, 5.74) is 2.53. The van der Waals surface area contributed by atoms with E-state index >= 15 is 0 Å². The Bertz CT molecular complexity index is 797. The largest absolute Gasteiger partial charge is 0.275 e. The molecule has 4 nitrogen and oxygen atoms in total. The molecule has 0 aliphatic heterocycles. The lowest BCUT2D eigenvalue weighted by molar-refractivity contribution is 0.779. The van der Waals surface area contributed by atoms with Crippen molar-refractivity contribution in [1.29, 1.82) is 0 Å². The number of halogens is 3. The van der Waals surface area contributed by atoms with Crippen LogP contribution in [0.1, 0.15) is 5.56 Å². The summed E-state index contributed by atoms with van der Waals surface area (Å²) in [6.07, 6.45) is 1.89. The Hall–Kier alpha value is -0.910. The van der Waals surface area contributed by atoms with E-state index in [1.165, 1.54) is 0 Å². The molecule has 0 atom stereocenters. The molecule has 0 fully saturated rings. The molecular weight excluding hydrogens is 339 g/mol. The Morgan fingerprint density at radius 1 is 1.22 bits per heavy atom. The smallest absolute Gasteiger partial charge is 0.224 e. The van der Waals surface area contributed by atoms with Gasteiger partial charge in [-0.2, -0.15) is 5.10 Å². The van der Waals surface area contributed by atoms with Gasteiger partial charge in [0, 0.05) is 24.0 Å². The molecule has 18 heavy (non-hydrogen) atoms. The van der Waals surface area contributed by atoms with Gasteiger partial charge >= 0.3 is 0 Å². The van der Waals surface area contributed by atoms with Crippen LogP contribution in [-0.4, -0.2) is 19.7 Å². The van der Waals surface area contributed by atoms with Crippen LogP contribution in [0.4, 0.5) is 0 Å². The van der Waals surface area contributed by atoms with Crippen molar-refractivity contribution < 1.29 is 0 Å². The molecule has 1 aromatic carbocycles. The van der Waals surface area contributed by atoms with Crippen LogP contribution < -0.4 is 0 Å². The molecule has 0 radical (unpaired) electrons. The summed E-state index contributed by atoms with van der Waals surface area (Å²) in [6.45, 7) is 1.94. The van der Waals surface area contributed by atoms with E-state index in [0.717, 1.165) is 31.8 Å². The highest BCUT2D eigenvalue weighted by Crippen LogP contribution is 2.37. The van der Waals surface area contributed by atoms with Gasteiger partial charge in [-0.15, -0.1) is 0 Å². The van der Waals surface area contributed by atoms with Crippen LogP contribution in [-0.2, 0) is 7.05 Å². The van der Waals surface area contributed by atoms with Gasteiger partial charge in [0.05, 0.1) is 9.99 Å². The summed E-state index contributed by atoms with van der Waals surface area (Å²) in [5, 5.41) is 6.59. The van der Waals surface area contributed by atoms with Gasteiger partial charge in [0.25, 0.3) is 0 Å². The predicted octanol–water partition coefficient (Wildman–Crippen LogP) is 3.89. The first-order valence-corrected chi connectivity index (χ1v) is 6.68. The van der Waals surface area contributed by atoms with Crippen molar-refractivity contribution in [2.24, 2.45) is 7.05 Å². The number of nitrogens with zero attached hydrogens (tertiary/aromatic N) is 4. The highest BCUT2D eigenvalue weighted by atomic mass is 79.9. The highest BCUT2D eigenvalue weighted by molar-refractivity contribution is 9.10. The number of aromatic nitrogens is 4. The lowest BCUT2D eigenvalue weighted by atomic mass is 10.1. The normalized spacial score (nSPS) is 11.6. The van der Waals surface area contributed by atoms with E-state index in [1.54, 1.807) is 4.68 Å². The number of rotatable bonds is 0. The second-order valence-electron chi connectivity index (χ2n) is 4.01. The minimum Gasteiger partial charge on any atom is -0.275 e. The third-order valence-electron chi connectivity index (χ3n) is 2.83. The fourth-order valence-corrected chi connectivity index (χ4v) is 3.00. The standard InChI is InChI=1S/C11H7BrCl2N4/c1-4-7(12)9-5(3-18(2)17-9)6-8(4)15-11(14)16-10(6)13/h3H,1-2H3. The Labute approximate surface area is 121 Å². The van der Waals surface area contributed by atoms with Crippen LogP contribution in [0, 0.1) is 6.92 Å². The number of benzene rings is 1. The van der Waals surface area contributed by atoms with Gasteiger partial charge in [-0.05, 0) is 40.0 Å². The molecule has 0 unspecified atom stereocenters. The van der Waals surface area contributed by atoms with Crippen molar-refractivity contribution in [3.05, 3.63) is 26.7 Å². The maximum atomic E-state index is 6.19. The molecule has 0 aliphatic carbocycles. The van der Waals surface area contributed by atoms with Crippen LogP contribution in [0.15, 0.2) is 10.7 Å². The Balaban J connectivity index is 2.68. The summed E-state index contributed by atoms with van der Waals surface area (Å²) >= 11 is 15.6. The van der Waals surface area contributed by atoms with E-state index < -0.39 is 0 Å². The Morgan fingerprint density at radius 3 is 2.67 bits per heavy atom. The third-order valence-corrected chi connectivity index (χ3v) is 4.24. The molecule has 0 aliphatic rings. The fraction of sp³-hybridized carbons (Fsp3) is 0.182. The van der Waals surface area contributed by atoms with Gasteiger partial charge in [0.15, 0.2) is 0 Å². The zero-order valence-corrected chi connectivity index (χ0v) is 12.6. The molecule has 7 heteroatoms. The molecule has 0 spiro atoms. The van der Waals surface area contributed by atoms with E-state index in [4.69, 9.17) is 23.2 Å². The average molecular weight is 346 g/mol. The lowest BCUT2D eigenvalue weighted by Crippen LogP contribution is -1.92. The van der Waals surface area contributed by atoms with Crippen molar-refractivity contribution in [1.82, 2.24) is 19.7 Å². The molecular formula is C11H7BrCl2N4. The molecule has 2 heterocycles. The molecule has 0 saturated carbocycles. The third kappa shape index (κ3) is 1.61. The molecule has 92 valence electrons. The second kappa shape index (κ2) is 4.05.